The van der Waals surface area contributed by atoms with Crippen LogP contribution in [0.3, 0.4) is 0 Å². The van der Waals surface area contributed by atoms with Crippen LogP contribution in [0.1, 0.15) is 82.6 Å². The lowest BCUT2D eigenvalue weighted by molar-refractivity contribution is -0.136. The van der Waals surface area contributed by atoms with Crippen molar-refractivity contribution < 1.29 is 28.7 Å². The third kappa shape index (κ3) is 7.40. The molecular formula is C46H51ClN8O6. The van der Waals surface area contributed by atoms with Crippen LogP contribution in [0.2, 0.25) is 5.02 Å². The van der Waals surface area contributed by atoms with E-state index in [1.165, 1.54) is 0 Å². The number of piperazine rings is 1. The highest BCUT2D eigenvalue weighted by Crippen LogP contribution is 2.48. The van der Waals surface area contributed by atoms with Crippen LogP contribution < -0.4 is 20.0 Å². The molecule has 1 N–H and O–H groups in total. The summed E-state index contributed by atoms with van der Waals surface area (Å²) in [5, 5.41) is 12.0. The first-order valence-corrected chi connectivity index (χ1v) is 21.9. The maximum Gasteiger partial charge on any atom is 0.262 e. The Bertz CT molecular complexity index is 2310. The van der Waals surface area contributed by atoms with E-state index < -0.39 is 35.3 Å². The van der Waals surface area contributed by atoms with Crippen molar-refractivity contribution in [3.63, 3.8) is 0 Å². The van der Waals surface area contributed by atoms with Gasteiger partial charge in [-0.25, -0.2) is 0 Å². The van der Waals surface area contributed by atoms with Crippen molar-refractivity contribution in [3.8, 4) is 6.07 Å². The summed E-state index contributed by atoms with van der Waals surface area (Å²) in [6.07, 6.45) is 3.50. The second-order valence-electron chi connectivity index (χ2n) is 17.5. The Kier molecular flexibility index (Phi) is 10.8. The number of amides is 5. The van der Waals surface area contributed by atoms with Crippen molar-refractivity contribution in [1.82, 2.24) is 20.0 Å². The molecule has 318 valence electrons. The molecule has 1 spiro atoms. The molecule has 9 rings (SSSR count). The molecule has 2 unspecified atom stereocenters. The molecule has 0 saturated carbocycles. The summed E-state index contributed by atoms with van der Waals surface area (Å²) in [4.78, 5) is 76.7. The summed E-state index contributed by atoms with van der Waals surface area (Å²) >= 11 is 6.38. The Morgan fingerprint density at radius 3 is 2.18 bits per heavy atom. The number of rotatable bonds is 9. The predicted octanol–water partition coefficient (Wildman–Crippen LogP) is 4.55. The summed E-state index contributed by atoms with van der Waals surface area (Å²) in [6, 6.07) is 20.6. The fraction of sp³-hybridized carbons (Fsp3) is 0.478. The first kappa shape index (κ1) is 40.9. The standard InChI is InChI=1S/C46H51ClN8O6/c1-3-61-46(28-53(29-46)34-10-11-36-37(24-34)44(60)55(43(36)59)39-12-13-40(56)49-41(39)57)27-50-20-22-52(23-21-50)42(58)31-4-7-33(8-5-31)51-17-14-45(15-18-51)16-19-54(30(45)2)35-9-6-32(26-48)38(47)25-35/h4-11,24-25,30,39H,3,12-23,27-29H2,1-2H3,(H,49,56,57). The first-order chi connectivity index (χ1) is 29.4. The highest BCUT2D eigenvalue weighted by atomic mass is 35.5. The molecule has 3 aromatic rings. The molecule has 0 bridgehead atoms. The number of fused-ring (bicyclic) bond motifs is 1. The normalized spacial score (nSPS) is 23.6. The molecule has 2 atom stereocenters. The summed E-state index contributed by atoms with van der Waals surface area (Å²) in [5.41, 5.74) is 4.54. The molecule has 61 heavy (non-hydrogen) atoms. The molecule has 3 aromatic carbocycles. The molecule has 0 aromatic heterocycles. The zero-order valence-corrected chi connectivity index (χ0v) is 35.5. The topological polar surface area (TPSA) is 150 Å². The minimum Gasteiger partial charge on any atom is -0.371 e. The van der Waals surface area contributed by atoms with Crippen LogP contribution in [0.5, 0.6) is 0 Å². The summed E-state index contributed by atoms with van der Waals surface area (Å²) in [5.74, 6) is -2.03. The lowest BCUT2D eigenvalue weighted by Gasteiger charge is -2.53. The predicted molar refractivity (Wildman–Crippen MR) is 230 cm³/mol. The number of halogens is 1. The van der Waals surface area contributed by atoms with E-state index >= 15 is 0 Å². The van der Waals surface area contributed by atoms with Gasteiger partial charge in [-0.2, -0.15) is 5.26 Å². The second kappa shape index (κ2) is 16.1. The van der Waals surface area contributed by atoms with Crippen LogP contribution in [0.25, 0.3) is 0 Å². The maximum atomic E-state index is 13.7. The Labute approximate surface area is 360 Å². The highest BCUT2D eigenvalue weighted by Gasteiger charge is 2.49. The molecule has 14 nitrogen and oxygen atoms in total. The third-order valence-electron chi connectivity index (χ3n) is 14.2. The van der Waals surface area contributed by atoms with Crippen molar-refractivity contribution >= 4 is 58.2 Å². The number of nitrogens with one attached hydrogen (secondary N) is 1. The van der Waals surface area contributed by atoms with E-state index in [9.17, 15) is 29.2 Å². The van der Waals surface area contributed by atoms with Crippen molar-refractivity contribution in [2.24, 2.45) is 5.41 Å². The molecular weight excluding hydrogens is 796 g/mol. The molecule has 5 amide bonds. The van der Waals surface area contributed by atoms with E-state index in [2.05, 4.69) is 50.0 Å². The van der Waals surface area contributed by atoms with Gasteiger partial charge in [0.05, 0.1) is 34.8 Å². The lowest BCUT2D eigenvalue weighted by Crippen LogP contribution is -2.69. The average Bonchev–Trinajstić information content (AvgIpc) is 3.70. The highest BCUT2D eigenvalue weighted by molar-refractivity contribution is 6.32. The van der Waals surface area contributed by atoms with Crippen LogP contribution in [-0.4, -0.2) is 134 Å². The number of hydrogen-bond donors (Lipinski definition) is 1. The quantitative estimate of drug-likeness (QED) is 0.303. The van der Waals surface area contributed by atoms with Crippen LogP contribution in [-0.2, 0) is 14.3 Å². The summed E-state index contributed by atoms with van der Waals surface area (Å²) in [7, 11) is 0. The van der Waals surface area contributed by atoms with E-state index in [-0.39, 0.29) is 35.3 Å². The first-order valence-electron chi connectivity index (χ1n) is 21.5. The molecule has 6 aliphatic rings. The van der Waals surface area contributed by atoms with Crippen molar-refractivity contribution in [2.45, 2.75) is 63.6 Å². The summed E-state index contributed by atoms with van der Waals surface area (Å²) < 4.78 is 6.35. The van der Waals surface area contributed by atoms with Crippen molar-refractivity contribution in [3.05, 3.63) is 87.9 Å². The van der Waals surface area contributed by atoms with Gasteiger partial charge in [-0.3, -0.25) is 39.1 Å². The van der Waals surface area contributed by atoms with Crippen LogP contribution in [0, 0.1) is 16.7 Å². The van der Waals surface area contributed by atoms with Crippen molar-refractivity contribution in [2.75, 3.05) is 86.8 Å². The molecule has 15 heteroatoms. The lowest BCUT2D eigenvalue weighted by atomic mass is 9.73. The van der Waals surface area contributed by atoms with Gasteiger partial charge in [0.15, 0.2) is 0 Å². The van der Waals surface area contributed by atoms with Gasteiger partial charge in [-0.15, -0.1) is 0 Å². The number of carbonyl (C=O) groups is 5. The summed E-state index contributed by atoms with van der Waals surface area (Å²) in [6.45, 7) is 12.4. The van der Waals surface area contributed by atoms with Gasteiger partial charge < -0.3 is 24.3 Å². The fourth-order valence-electron chi connectivity index (χ4n) is 10.6. The van der Waals surface area contributed by atoms with Crippen molar-refractivity contribution in [1.29, 1.82) is 5.26 Å². The molecule has 0 radical (unpaired) electrons. The minimum absolute atomic E-state index is 0.0433. The van der Waals surface area contributed by atoms with E-state index in [0.717, 1.165) is 73.9 Å². The zero-order valence-electron chi connectivity index (χ0n) is 34.7. The van der Waals surface area contributed by atoms with Crippen LogP contribution >= 0.6 is 11.6 Å². The number of hydrogen-bond acceptors (Lipinski definition) is 11. The second-order valence-corrected chi connectivity index (χ2v) is 17.9. The molecule has 5 fully saturated rings. The molecule has 6 heterocycles. The number of imide groups is 2. The minimum atomic E-state index is -1.00. The van der Waals surface area contributed by atoms with Gasteiger partial charge in [0, 0.05) is 94.1 Å². The number of nitriles is 1. The van der Waals surface area contributed by atoms with Gasteiger partial charge in [-0.05, 0) is 106 Å². The number of carbonyl (C=O) groups excluding carboxylic acids is 5. The number of ether oxygens (including phenoxy) is 1. The Morgan fingerprint density at radius 1 is 0.836 bits per heavy atom. The van der Waals surface area contributed by atoms with Crippen LogP contribution in [0.4, 0.5) is 17.1 Å². The van der Waals surface area contributed by atoms with Gasteiger partial charge in [-0.1, -0.05) is 11.6 Å². The average molecular weight is 847 g/mol. The van der Waals surface area contributed by atoms with E-state index in [1.807, 2.05) is 48.2 Å². The Balaban J connectivity index is 0.755. The third-order valence-corrected chi connectivity index (χ3v) is 14.5. The number of benzene rings is 3. The Morgan fingerprint density at radius 2 is 1.51 bits per heavy atom. The number of nitrogens with zero attached hydrogens (tertiary/aromatic N) is 7. The smallest absolute Gasteiger partial charge is 0.262 e. The maximum absolute atomic E-state index is 13.7. The molecule has 5 saturated heterocycles. The largest absolute Gasteiger partial charge is 0.371 e. The van der Waals surface area contributed by atoms with E-state index in [4.69, 9.17) is 16.3 Å². The van der Waals surface area contributed by atoms with Gasteiger partial charge >= 0.3 is 0 Å². The van der Waals surface area contributed by atoms with Gasteiger partial charge in [0.25, 0.3) is 17.7 Å². The molecule has 6 aliphatic heterocycles. The number of anilines is 3. The SMILES string of the molecule is CCOC1(CN2CCN(C(=O)c3ccc(N4CCC5(CC4)CCN(c4ccc(C#N)c(Cl)c4)C5C)cc3)CC2)CN(c2ccc3c(c2)C(=O)N(C2CCC(=O)NC2=O)C3=O)C1. The number of piperidine rings is 2. The zero-order chi connectivity index (χ0) is 42.6. The monoisotopic (exact) mass is 846 g/mol. The fourth-order valence-corrected chi connectivity index (χ4v) is 10.8. The van der Waals surface area contributed by atoms with Gasteiger partial charge in [0.2, 0.25) is 11.8 Å². The van der Waals surface area contributed by atoms with Crippen LogP contribution in [0.15, 0.2) is 60.7 Å². The van der Waals surface area contributed by atoms with Gasteiger partial charge in [0.1, 0.15) is 17.7 Å². The Hall–Kier alpha value is -5.49. The van der Waals surface area contributed by atoms with E-state index in [1.54, 1.807) is 12.1 Å². The molecule has 0 aliphatic carbocycles. The van der Waals surface area contributed by atoms with E-state index in [0.29, 0.717) is 61.5 Å².